The summed E-state index contributed by atoms with van der Waals surface area (Å²) < 4.78 is 5.00. The standard InChI is InChI=1S/C13H23NO4/c1-4-5-13(12(16)17)6-8-14(9-7-13)11(15)10(2)18-3/h10H,4-9H2,1-3H3,(H,16,17). The highest BCUT2D eigenvalue weighted by atomic mass is 16.5. The van der Waals surface area contributed by atoms with Gasteiger partial charge in [0.05, 0.1) is 5.41 Å². The van der Waals surface area contributed by atoms with E-state index in [-0.39, 0.29) is 5.91 Å². The zero-order valence-corrected chi connectivity index (χ0v) is 11.4. The van der Waals surface area contributed by atoms with Crippen molar-refractivity contribution in [3.8, 4) is 0 Å². The first-order valence-corrected chi connectivity index (χ1v) is 6.52. The largest absolute Gasteiger partial charge is 0.481 e. The van der Waals surface area contributed by atoms with Gasteiger partial charge < -0.3 is 14.7 Å². The molecule has 0 bridgehead atoms. The van der Waals surface area contributed by atoms with Crippen LogP contribution in [0.3, 0.4) is 0 Å². The van der Waals surface area contributed by atoms with E-state index in [9.17, 15) is 14.7 Å². The normalized spacial score (nSPS) is 20.5. The summed E-state index contributed by atoms with van der Waals surface area (Å²) in [7, 11) is 1.51. The number of likely N-dealkylation sites (tertiary alicyclic amines) is 1. The predicted molar refractivity (Wildman–Crippen MR) is 67.3 cm³/mol. The average Bonchev–Trinajstić information content (AvgIpc) is 2.38. The maximum absolute atomic E-state index is 11.9. The quantitative estimate of drug-likeness (QED) is 0.810. The van der Waals surface area contributed by atoms with Gasteiger partial charge >= 0.3 is 5.97 Å². The Bertz CT molecular complexity index is 308. The minimum atomic E-state index is -0.726. The summed E-state index contributed by atoms with van der Waals surface area (Å²) >= 11 is 0. The number of piperidine rings is 1. The van der Waals surface area contributed by atoms with E-state index >= 15 is 0 Å². The van der Waals surface area contributed by atoms with Crippen LogP contribution in [0.1, 0.15) is 39.5 Å². The first kappa shape index (κ1) is 15.0. The number of rotatable bonds is 5. The van der Waals surface area contributed by atoms with Crippen LogP contribution in [0.4, 0.5) is 0 Å². The van der Waals surface area contributed by atoms with Crippen LogP contribution in [-0.4, -0.2) is 48.2 Å². The summed E-state index contributed by atoms with van der Waals surface area (Å²) in [5.74, 6) is -0.774. The van der Waals surface area contributed by atoms with Gasteiger partial charge in [-0.25, -0.2) is 0 Å². The van der Waals surface area contributed by atoms with Gasteiger partial charge in [0.25, 0.3) is 5.91 Å². The van der Waals surface area contributed by atoms with E-state index in [4.69, 9.17) is 4.74 Å². The van der Waals surface area contributed by atoms with E-state index in [1.165, 1.54) is 7.11 Å². The Balaban J connectivity index is 2.63. The third kappa shape index (κ3) is 3.02. The fraction of sp³-hybridized carbons (Fsp3) is 0.846. The molecule has 1 amide bonds. The molecule has 0 aromatic carbocycles. The molecule has 1 heterocycles. The monoisotopic (exact) mass is 257 g/mol. The fourth-order valence-corrected chi connectivity index (χ4v) is 2.56. The van der Waals surface area contributed by atoms with Crippen molar-refractivity contribution in [2.75, 3.05) is 20.2 Å². The smallest absolute Gasteiger partial charge is 0.309 e. The van der Waals surface area contributed by atoms with Crippen molar-refractivity contribution in [3.63, 3.8) is 0 Å². The lowest BCUT2D eigenvalue weighted by Gasteiger charge is -2.39. The van der Waals surface area contributed by atoms with Crippen LogP contribution in [0.2, 0.25) is 0 Å². The van der Waals surface area contributed by atoms with E-state index in [1.807, 2.05) is 6.92 Å². The Morgan fingerprint density at radius 2 is 1.94 bits per heavy atom. The summed E-state index contributed by atoms with van der Waals surface area (Å²) in [5, 5.41) is 9.37. The van der Waals surface area contributed by atoms with Crippen LogP contribution in [0.15, 0.2) is 0 Å². The molecule has 18 heavy (non-hydrogen) atoms. The molecule has 1 fully saturated rings. The summed E-state index contributed by atoms with van der Waals surface area (Å²) in [5.41, 5.74) is -0.637. The second-order valence-corrected chi connectivity index (χ2v) is 5.04. The molecular weight excluding hydrogens is 234 g/mol. The van der Waals surface area contributed by atoms with Crippen molar-refractivity contribution < 1.29 is 19.4 Å². The van der Waals surface area contributed by atoms with Gasteiger partial charge in [0, 0.05) is 20.2 Å². The number of methoxy groups -OCH3 is 1. The summed E-state index contributed by atoms with van der Waals surface area (Å²) in [4.78, 5) is 25.0. The molecule has 5 heteroatoms. The van der Waals surface area contributed by atoms with Gasteiger partial charge in [0.2, 0.25) is 0 Å². The molecule has 0 saturated carbocycles. The molecule has 1 N–H and O–H groups in total. The maximum atomic E-state index is 11.9. The molecule has 104 valence electrons. The molecule has 1 saturated heterocycles. The van der Waals surface area contributed by atoms with E-state index < -0.39 is 17.5 Å². The van der Waals surface area contributed by atoms with E-state index in [2.05, 4.69) is 0 Å². The van der Waals surface area contributed by atoms with Gasteiger partial charge in [-0.15, -0.1) is 0 Å². The van der Waals surface area contributed by atoms with E-state index in [0.29, 0.717) is 32.4 Å². The number of amides is 1. The number of hydrogen-bond donors (Lipinski definition) is 1. The molecular formula is C13H23NO4. The van der Waals surface area contributed by atoms with Gasteiger partial charge in [-0.2, -0.15) is 0 Å². The number of aliphatic carboxylic acids is 1. The molecule has 0 spiro atoms. The number of hydrogen-bond acceptors (Lipinski definition) is 3. The molecule has 0 aromatic rings. The van der Waals surface area contributed by atoms with Crippen molar-refractivity contribution in [3.05, 3.63) is 0 Å². The van der Waals surface area contributed by atoms with E-state index in [1.54, 1.807) is 11.8 Å². The van der Waals surface area contributed by atoms with Crippen molar-refractivity contribution in [2.24, 2.45) is 5.41 Å². The highest BCUT2D eigenvalue weighted by molar-refractivity contribution is 5.81. The Kier molecular flexibility index (Phi) is 5.14. The highest BCUT2D eigenvalue weighted by Crippen LogP contribution is 2.36. The lowest BCUT2D eigenvalue weighted by molar-refractivity contribution is -0.156. The van der Waals surface area contributed by atoms with Gasteiger partial charge in [0.15, 0.2) is 0 Å². The Morgan fingerprint density at radius 3 is 2.33 bits per heavy atom. The number of carbonyl (C=O) groups is 2. The molecule has 1 rings (SSSR count). The Morgan fingerprint density at radius 1 is 1.39 bits per heavy atom. The molecule has 5 nitrogen and oxygen atoms in total. The first-order valence-electron chi connectivity index (χ1n) is 6.52. The van der Waals surface area contributed by atoms with Crippen LogP contribution in [0.5, 0.6) is 0 Å². The third-order valence-electron chi connectivity index (χ3n) is 3.92. The second-order valence-electron chi connectivity index (χ2n) is 5.04. The lowest BCUT2D eigenvalue weighted by Crippen LogP contribution is -2.49. The Hall–Kier alpha value is -1.10. The van der Waals surface area contributed by atoms with Gasteiger partial charge in [-0.05, 0) is 26.2 Å². The average molecular weight is 257 g/mol. The minimum absolute atomic E-state index is 0.0482. The molecule has 1 aliphatic rings. The van der Waals surface area contributed by atoms with Crippen LogP contribution < -0.4 is 0 Å². The van der Waals surface area contributed by atoms with Crippen molar-refractivity contribution in [2.45, 2.75) is 45.6 Å². The SMILES string of the molecule is CCCC1(C(=O)O)CCN(C(=O)C(C)OC)CC1. The molecule has 1 atom stereocenters. The zero-order chi connectivity index (χ0) is 13.8. The van der Waals surface area contributed by atoms with Crippen LogP contribution >= 0.6 is 0 Å². The third-order valence-corrected chi connectivity index (χ3v) is 3.92. The molecule has 0 radical (unpaired) electrons. The number of carbonyl (C=O) groups excluding carboxylic acids is 1. The predicted octanol–water partition coefficient (Wildman–Crippen LogP) is 1.51. The number of nitrogens with zero attached hydrogens (tertiary/aromatic N) is 1. The molecule has 1 aliphatic heterocycles. The Labute approximate surface area is 108 Å². The minimum Gasteiger partial charge on any atom is -0.481 e. The number of carboxylic acid groups (broad SMARTS) is 1. The molecule has 0 aromatic heterocycles. The summed E-state index contributed by atoms with van der Waals surface area (Å²) in [6.45, 7) is 4.74. The van der Waals surface area contributed by atoms with Crippen molar-refractivity contribution in [1.82, 2.24) is 4.90 Å². The fourth-order valence-electron chi connectivity index (χ4n) is 2.56. The number of carboxylic acids is 1. The zero-order valence-electron chi connectivity index (χ0n) is 11.4. The van der Waals surface area contributed by atoms with Crippen molar-refractivity contribution >= 4 is 11.9 Å². The van der Waals surface area contributed by atoms with Crippen LogP contribution in [0, 0.1) is 5.41 Å². The molecule has 0 aliphatic carbocycles. The lowest BCUT2D eigenvalue weighted by atomic mass is 9.75. The van der Waals surface area contributed by atoms with Crippen molar-refractivity contribution in [1.29, 1.82) is 0 Å². The first-order chi connectivity index (χ1) is 8.46. The maximum Gasteiger partial charge on any atom is 0.309 e. The summed E-state index contributed by atoms with van der Waals surface area (Å²) in [6.07, 6.45) is 2.17. The topological polar surface area (TPSA) is 66.8 Å². The van der Waals surface area contributed by atoms with Crippen LogP contribution in [-0.2, 0) is 14.3 Å². The van der Waals surface area contributed by atoms with Gasteiger partial charge in [-0.3, -0.25) is 9.59 Å². The van der Waals surface area contributed by atoms with E-state index in [0.717, 1.165) is 6.42 Å². The molecule has 1 unspecified atom stereocenters. The second kappa shape index (κ2) is 6.18. The highest BCUT2D eigenvalue weighted by Gasteiger charge is 2.41. The van der Waals surface area contributed by atoms with Gasteiger partial charge in [-0.1, -0.05) is 13.3 Å². The summed E-state index contributed by atoms with van der Waals surface area (Å²) in [6, 6.07) is 0. The number of ether oxygens (including phenoxy) is 1. The van der Waals surface area contributed by atoms with Gasteiger partial charge in [0.1, 0.15) is 6.10 Å². The van der Waals surface area contributed by atoms with Crippen LogP contribution in [0.25, 0.3) is 0 Å².